The van der Waals surface area contributed by atoms with Crippen molar-refractivity contribution in [3.63, 3.8) is 0 Å². The van der Waals surface area contributed by atoms with Gasteiger partial charge in [-0.1, -0.05) is 30.3 Å². The zero-order chi connectivity index (χ0) is 19.2. The fraction of sp³-hybridized carbons (Fsp3) is 0.364. The van der Waals surface area contributed by atoms with Crippen LogP contribution in [-0.2, 0) is 13.0 Å². The highest BCUT2D eigenvalue weighted by atomic mass is 35.5. The van der Waals surface area contributed by atoms with Gasteiger partial charge < -0.3 is 19.9 Å². The van der Waals surface area contributed by atoms with Crippen LogP contribution in [0.5, 0.6) is 17.2 Å². The second-order valence-corrected chi connectivity index (χ2v) is 6.73. The van der Waals surface area contributed by atoms with Gasteiger partial charge >= 0.3 is 0 Å². The third kappa shape index (κ3) is 4.79. The number of benzene rings is 2. The summed E-state index contributed by atoms with van der Waals surface area (Å²) in [6.07, 6.45) is 2.40. The van der Waals surface area contributed by atoms with Crippen molar-refractivity contribution < 1.29 is 14.6 Å². The molecule has 1 unspecified atom stereocenters. The highest BCUT2D eigenvalue weighted by Crippen LogP contribution is 2.35. The second-order valence-electron chi connectivity index (χ2n) is 6.73. The molecule has 2 aromatic rings. The molecule has 1 saturated heterocycles. The molecule has 5 nitrogen and oxygen atoms in total. The molecule has 0 saturated carbocycles. The Morgan fingerprint density at radius 3 is 2.68 bits per heavy atom. The molecule has 1 aliphatic rings. The van der Waals surface area contributed by atoms with Gasteiger partial charge in [0.15, 0.2) is 11.5 Å². The zero-order valence-electron chi connectivity index (χ0n) is 16.5. The summed E-state index contributed by atoms with van der Waals surface area (Å²) < 4.78 is 11.0. The number of allylic oxidation sites excluding steroid dienone is 1. The zero-order valence-corrected chi connectivity index (χ0v) is 17.3. The van der Waals surface area contributed by atoms with Crippen LogP contribution in [0.1, 0.15) is 22.7 Å². The fourth-order valence-corrected chi connectivity index (χ4v) is 3.71. The fourth-order valence-electron chi connectivity index (χ4n) is 3.71. The maximum Gasteiger partial charge on any atom is 0.161 e. The number of halogens is 1. The molecule has 28 heavy (non-hydrogen) atoms. The van der Waals surface area contributed by atoms with E-state index in [1.165, 1.54) is 5.56 Å². The van der Waals surface area contributed by atoms with Crippen LogP contribution in [0.3, 0.4) is 0 Å². The first-order valence-electron chi connectivity index (χ1n) is 9.25. The Bertz CT molecular complexity index is 797. The normalized spacial score (nSPS) is 16.9. The first-order chi connectivity index (χ1) is 13.2. The summed E-state index contributed by atoms with van der Waals surface area (Å²) in [5, 5.41) is 13.8. The Morgan fingerprint density at radius 1 is 1.21 bits per heavy atom. The minimum Gasteiger partial charge on any atom is -0.504 e. The largest absolute Gasteiger partial charge is 0.504 e. The van der Waals surface area contributed by atoms with Crippen molar-refractivity contribution in [3.8, 4) is 17.2 Å². The van der Waals surface area contributed by atoms with E-state index in [2.05, 4.69) is 28.9 Å². The quantitative estimate of drug-likeness (QED) is 0.689. The molecule has 0 aliphatic carbocycles. The van der Waals surface area contributed by atoms with Gasteiger partial charge in [0.25, 0.3) is 0 Å². The predicted molar refractivity (Wildman–Crippen MR) is 115 cm³/mol. The van der Waals surface area contributed by atoms with Crippen molar-refractivity contribution in [2.24, 2.45) is 0 Å². The van der Waals surface area contributed by atoms with E-state index in [1.807, 2.05) is 24.3 Å². The van der Waals surface area contributed by atoms with E-state index in [-0.39, 0.29) is 24.2 Å². The highest BCUT2D eigenvalue weighted by molar-refractivity contribution is 5.85. The number of nitrogens with zero attached hydrogens (tertiary/aromatic N) is 1. The van der Waals surface area contributed by atoms with E-state index in [4.69, 9.17) is 9.47 Å². The van der Waals surface area contributed by atoms with Crippen LogP contribution in [0.4, 0.5) is 0 Å². The van der Waals surface area contributed by atoms with Crippen LogP contribution in [-0.4, -0.2) is 43.9 Å². The van der Waals surface area contributed by atoms with E-state index < -0.39 is 0 Å². The lowest BCUT2D eigenvalue weighted by atomic mass is 10.00. The van der Waals surface area contributed by atoms with Gasteiger partial charge in [-0.05, 0) is 24.1 Å². The minimum absolute atomic E-state index is 0. The highest BCUT2D eigenvalue weighted by Gasteiger charge is 2.26. The van der Waals surface area contributed by atoms with Crippen molar-refractivity contribution in [3.05, 3.63) is 65.7 Å². The van der Waals surface area contributed by atoms with Crippen LogP contribution in [0.2, 0.25) is 0 Å². The molecule has 0 amide bonds. The molecular weight excluding hydrogens is 376 g/mol. The van der Waals surface area contributed by atoms with E-state index in [0.29, 0.717) is 12.2 Å². The summed E-state index contributed by atoms with van der Waals surface area (Å²) in [6.45, 7) is 7.30. The number of phenolic OH excluding ortho intramolecular Hbond substituents is 1. The molecule has 1 aliphatic heterocycles. The molecule has 1 fully saturated rings. The molecule has 0 radical (unpaired) electrons. The summed E-state index contributed by atoms with van der Waals surface area (Å²) in [5.41, 5.74) is 3.14. The van der Waals surface area contributed by atoms with Gasteiger partial charge in [-0.15, -0.1) is 19.0 Å². The summed E-state index contributed by atoms with van der Waals surface area (Å²) in [6, 6.07) is 12.4. The molecule has 152 valence electrons. The number of phenols is 1. The molecule has 0 aromatic heterocycles. The predicted octanol–water partition coefficient (Wildman–Crippen LogP) is 3.71. The van der Waals surface area contributed by atoms with Crippen molar-refractivity contribution >= 4 is 12.4 Å². The smallest absolute Gasteiger partial charge is 0.161 e. The van der Waals surface area contributed by atoms with Crippen LogP contribution in [0, 0.1) is 0 Å². The second kappa shape index (κ2) is 10.4. The Kier molecular flexibility index (Phi) is 8.18. The van der Waals surface area contributed by atoms with E-state index >= 15 is 0 Å². The number of piperazine rings is 1. The van der Waals surface area contributed by atoms with Crippen LogP contribution in [0.15, 0.2) is 49.1 Å². The number of hydrogen-bond donors (Lipinski definition) is 2. The average Bonchev–Trinajstić information content (AvgIpc) is 2.71. The van der Waals surface area contributed by atoms with Gasteiger partial charge in [-0.2, -0.15) is 0 Å². The average molecular weight is 405 g/mol. The molecule has 6 heteroatoms. The monoisotopic (exact) mass is 404 g/mol. The maximum absolute atomic E-state index is 10.3. The van der Waals surface area contributed by atoms with Gasteiger partial charge in [0, 0.05) is 37.3 Å². The number of para-hydroxylation sites is 1. The SMILES string of the molecule is C=CCc1cc(CN2CCNCC2c2ccccc2OC)cc(OC)c1O.Cl. The van der Waals surface area contributed by atoms with Crippen molar-refractivity contribution in [1.29, 1.82) is 0 Å². The summed E-state index contributed by atoms with van der Waals surface area (Å²) in [4.78, 5) is 2.44. The number of methoxy groups -OCH3 is 2. The van der Waals surface area contributed by atoms with Gasteiger partial charge in [-0.25, -0.2) is 0 Å². The third-order valence-corrected chi connectivity index (χ3v) is 5.04. The van der Waals surface area contributed by atoms with Crippen molar-refractivity contribution in [1.82, 2.24) is 10.2 Å². The Hall–Kier alpha value is -2.21. The van der Waals surface area contributed by atoms with Crippen LogP contribution < -0.4 is 14.8 Å². The summed E-state index contributed by atoms with van der Waals surface area (Å²) in [7, 11) is 3.30. The molecule has 2 aromatic carbocycles. The van der Waals surface area contributed by atoms with E-state index in [9.17, 15) is 5.11 Å². The molecule has 1 atom stereocenters. The topological polar surface area (TPSA) is 54.0 Å². The Balaban J connectivity index is 0.00000280. The molecule has 0 bridgehead atoms. The molecule has 1 heterocycles. The number of ether oxygens (including phenoxy) is 2. The lowest BCUT2D eigenvalue weighted by molar-refractivity contribution is 0.151. The number of rotatable bonds is 7. The van der Waals surface area contributed by atoms with Crippen LogP contribution in [0.25, 0.3) is 0 Å². The minimum atomic E-state index is 0. The molecular formula is C22H29ClN2O3. The Morgan fingerprint density at radius 2 is 1.96 bits per heavy atom. The first kappa shape index (κ1) is 22.1. The van der Waals surface area contributed by atoms with Gasteiger partial charge in [0.2, 0.25) is 0 Å². The lowest BCUT2D eigenvalue weighted by Gasteiger charge is -2.37. The number of aromatic hydroxyl groups is 1. The Labute approximate surface area is 173 Å². The first-order valence-corrected chi connectivity index (χ1v) is 9.25. The number of hydrogen-bond acceptors (Lipinski definition) is 5. The van der Waals surface area contributed by atoms with Crippen molar-refractivity contribution in [2.75, 3.05) is 33.9 Å². The third-order valence-electron chi connectivity index (χ3n) is 5.04. The standard InChI is InChI=1S/C22H28N2O3.ClH/c1-4-7-17-12-16(13-21(27-3)22(17)25)15-24-11-10-23-14-19(24)18-8-5-6-9-20(18)26-2;/h4-6,8-9,12-13,19,23,25H,1,7,10-11,14-15H2,2-3H3;1H. The molecule has 2 N–H and O–H groups in total. The molecule has 3 rings (SSSR count). The number of nitrogens with one attached hydrogen (secondary N) is 1. The summed E-state index contributed by atoms with van der Waals surface area (Å²) in [5.74, 6) is 1.61. The van der Waals surface area contributed by atoms with E-state index in [0.717, 1.165) is 43.1 Å². The lowest BCUT2D eigenvalue weighted by Crippen LogP contribution is -2.45. The molecule has 0 spiro atoms. The van der Waals surface area contributed by atoms with Gasteiger partial charge in [-0.3, -0.25) is 4.90 Å². The van der Waals surface area contributed by atoms with Crippen LogP contribution >= 0.6 is 12.4 Å². The van der Waals surface area contributed by atoms with Gasteiger partial charge in [0.05, 0.1) is 20.3 Å². The van der Waals surface area contributed by atoms with E-state index in [1.54, 1.807) is 20.3 Å². The van der Waals surface area contributed by atoms with Gasteiger partial charge in [0.1, 0.15) is 5.75 Å². The summed E-state index contributed by atoms with van der Waals surface area (Å²) >= 11 is 0. The van der Waals surface area contributed by atoms with Crippen molar-refractivity contribution in [2.45, 2.75) is 19.0 Å². The maximum atomic E-state index is 10.3.